The number of hydrogen-bond acceptors (Lipinski definition) is 4. The highest BCUT2D eigenvalue weighted by Gasteiger charge is 2.27. The zero-order chi connectivity index (χ0) is 15.0. The lowest BCUT2D eigenvalue weighted by molar-refractivity contribution is 0.0697. The number of hydrogen-bond donors (Lipinski definition) is 2. The van der Waals surface area contributed by atoms with Crippen LogP contribution < -0.4 is 5.32 Å². The molecule has 1 amide bonds. The van der Waals surface area contributed by atoms with Crippen molar-refractivity contribution in [2.24, 2.45) is 0 Å². The van der Waals surface area contributed by atoms with Crippen LogP contribution in [0.25, 0.3) is 0 Å². The number of aromatic nitrogens is 1. The van der Waals surface area contributed by atoms with Gasteiger partial charge in [0.05, 0.1) is 5.56 Å². The molecule has 0 saturated heterocycles. The minimum Gasteiger partial charge on any atom is -0.478 e. The normalized spacial score (nSPS) is 13.0. The van der Waals surface area contributed by atoms with Crippen LogP contribution in [0.2, 0.25) is 0 Å². The number of nitrogens with zero attached hydrogens (tertiary/aromatic N) is 1. The second kappa shape index (κ2) is 5.57. The minimum absolute atomic E-state index is 0.234. The van der Waals surface area contributed by atoms with E-state index in [2.05, 4.69) is 26.2 Å². The van der Waals surface area contributed by atoms with E-state index in [9.17, 15) is 14.7 Å². The fourth-order valence-electron chi connectivity index (χ4n) is 2.40. The lowest BCUT2D eigenvalue weighted by atomic mass is 10.1. The Morgan fingerprint density at radius 2 is 2.14 bits per heavy atom. The molecule has 0 atom stereocenters. The summed E-state index contributed by atoms with van der Waals surface area (Å²) in [6.07, 6.45) is 4.15. The van der Waals surface area contributed by atoms with Crippen LogP contribution in [-0.2, 0) is 12.8 Å². The Bertz CT molecular complexity index is 725. The van der Waals surface area contributed by atoms with Gasteiger partial charge in [-0.1, -0.05) is 0 Å². The Hall–Kier alpha value is -1.73. The Balaban J connectivity index is 1.90. The zero-order valence-corrected chi connectivity index (χ0v) is 13.3. The van der Waals surface area contributed by atoms with Crippen molar-refractivity contribution in [2.75, 3.05) is 5.32 Å². The summed E-state index contributed by atoms with van der Waals surface area (Å²) in [6.45, 7) is 0. The summed E-state index contributed by atoms with van der Waals surface area (Å²) in [7, 11) is 0. The van der Waals surface area contributed by atoms with E-state index in [-0.39, 0.29) is 11.3 Å². The minimum atomic E-state index is -0.992. The second-order valence-electron chi connectivity index (χ2n) is 4.68. The van der Waals surface area contributed by atoms with Gasteiger partial charge in [-0.25, -0.2) is 9.78 Å². The number of carboxylic acid groups (broad SMARTS) is 1. The molecule has 2 aromatic rings. The molecule has 3 rings (SSSR count). The third kappa shape index (κ3) is 2.71. The summed E-state index contributed by atoms with van der Waals surface area (Å²) in [5.74, 6) is -1.39. The highest BCUT2D eigenvalue weighted by atomic mass is 79.9. The molecule has 0 aromatic carbocycles. The van der Waals surface area contributed by atoms with Gasteiger partial charge in [0.1, 0.15) is 10.7 Å². The monoisotopic (exact) mass is 366 g/mol. The van der Waals surface area contributed by atoms with Crippen molar-refractivity contribution >= 4 is 44.1 Å². The third-order valence-corrected chi connectivity index (χ3v) is 5.00. The van der Waals surface area contributed by atoms with Crippen LogP contribution in [0.15, 0.2) is 22.8 Å². The number of halogens is 1. The molecule has 0 unspecified atom stereocenters. The maximum atomic E-state index is 12.2. The van der Waals surface area contributed by atoms with Gasteiger partial charge in [-0.15, -0.1) is 11.3 Å². The molecule has 0 bridgehead atoms. The van der Waals surface area contributed by atoms with E-state index < -0.39 is 11.9 Å². The van der Waals surface area contributed by atoms with Crippen LogP contribution in [-0.4, -0.2) is 22.0 Å². The Labute approximate surface area is 133 Å². The maximum absolute atomic E-state index is 12.2. The molecule has 0 saturated carbocycles. The van der Waals surface area contributed by atoms with Gasteiger partial charge >= 0.3 is 5.97 Å². The van der Waals surface area contributed by atoms with E-state index >= 15 is 0 Å². The summed E-state index contributed by atoms with van der Waals surface area (Å²) >= 11 is 4.61. The van der Waals surface area contributed by atoms with Crippen LogP contribution in [0.4, 0.5) is 5.00 Å². The molecule has 2 aromatic heterocycles. The van der Waals surface area contributed by atoms with Crippen molar-refractivity contribution in [2.45, 2.75) is 19.3 Å². The van der Waals surface area contributed by atoms with E-state index in [1.54, 1.807) is 12.1 Å². The predicted molar refractivity (Wildman–Crippen MR) is 83.2 cm³/mol. The summed E-state index contributed by atoms with van der Waals surface area (Å²) in [5.41, 5.74) is 1.35. The molecule has 7 heteroatoms. The number of carboxylic acids is 1. The van der Waals surface area contributed by atoms with Crippen LogP contribution in [0.3, 0.4) is 0 Å². The topological polar surface area (TPSA) is 79.3 Å². The smallest absolute Gasteiger partial charge is 0.339 e. The molecule has 2 N–H and O–H groups in total. The van der Waals surface area contributed by atoms with E-state index in [4.69, 9.17) is 0 Å². The summed E-state index contributed by atoms with van der Waals surface area (Å²) in [5, 5.41) is 12.5. The van der Waals surface area contributed by atoms with Gasteiger partial charge < -0.3 is 10.4 Å². The molecular weight excluding hydrogens is 356 g/mol. The SMILES string of the molecule is O=C(Nc1sc2c(c1C(=O)O)CCC2)c1ccc(Br)cn1. The van der Waals surface area contributed by atoms with Crippen LogP contribution >= 0.6 is 27.3 Å². The number of aryl methyl sites for hydroxylation is 1. The Morgan fingerprint density at radius 1 is 1.33 bits per heavy atom. The van der Waals surface area contributed by atoms with Crippen molar-refractivity contribution in [1.82, 2.24) is 4.98 Å². The third-order valence-electron chi connectivity index (χ3n) is 3.32. The van der Waals surface area contributed by atoms with Gasteiger partial charge in [0.2, 0.25) is 0 Å². The van der Waals surface area contributed by atoms with E-state index in [0.717, 1.165) is 34.2 Å². The fourth-order valence-corrected chi connectivity index (χ4v) is 3.91. The molecule has 5 nitrogen and oxygen atoms in total. The number of pyridine rings is 1. The number of amides is 1. The molecule has 1 aliphatic carbocycles. The first-order valence-corrected chi connectivity index (χ1v) is 7.98. The zero-order valence-electron chi connectivity index (χ0n) is 10.9. The molecule has 0 fully saturated rings. The first kappa shape index (κ1) is 14.2. The molecule has 21 heavy (non-hydrogen) atoms. The van der Waals surface area contributed by atoms with Crippen molar-refractivity contribution < 1.29 is 14.7 Å². The first-order valence-electron chi connectivity index (χ1n) is 6.37. The standard InChI is InChI=1S/C14H11BrN2O3S/c15-7-4-5-9(16-6-7)12(18)17-13-11(14(19)20)8-2-1-3-10(8)21-13/h4-6H,1-3H2,(H,17,18)(H,19,20). The van der Waals surface area contributed by atoms with Gasteiger partial charge in [0.15, 0.2) is 0 Å². The number of rotatable bonds is 3. The van der Waals surface area contributed by atoms with Gasteiger partial charge in [0.25, 0.3) is 5.91 Å². The number of aromatic carboxylic acids is 1. The molecule has 0 radical (unpaired) electrons. The van der Waals surface area contributed by atoms with Gasteiger partial charge in [0, 0.05) is 15.5 Å². The molecule has 1 aliphatic rings. The molecule has 0 spiro atoms. The number of carbonyl (C=O) groups excluding carboxylic acids is 1. The number of thiophene rings is 1. The highest BCUT2D eigenvalue weighted by Crippen LogP contribution is 2.39. The van der Waals surface area contributed by atoms with E-state index in [1.165, 1.54) is 17.5 Å². The maximum Gasteiger partial charge on any atom is 0.339 e. The van der Waals surface area contributed by atoms with E-state index in [1.807, 2.05) is 0 Å². The van der Waals surface area contributed by atoms with Gasteiger partial charge in [-0.2, -0.15) is 0 Å². The lowest BCUT2D eigenvalue weighted by Crippen LogP contribution is -2.15. The molecule has 2 heterocycles. The average molecular weight is 367 g/mol. The van der Waals surface area contributed by atoms with Crippen molar-refractivity contribution in [3.63, 3.8) is 0 Å². The first-order chi connectivity index (χ1) is 10.1. The molecule has 0 aliphatic heterocycles. The second-order valence-corrected chi connectivity index (χ2v) is 6.70. The number of anilines is 1. The largest absolute Gasteiger partial charge is 0.478 e. The van der Waals surface area contributed by atoms with Crippen molar-refractivity contribution in [3.05, 3.63) is 44.5 Å². The Morgan fingerprint density at radius 3 is 2.81 bits per heavy atom. The summed E-state index contributed by atoms with van der Waals surface area (Å²) < 4.78 is 0.778. The fraction of sp³-hybridized carbons (Fsp3) is 0.214. The average Bonchev–Trinajstić information content (AvgIpc) is 2.98. The van der Waals surface area contributed by atoms with Gasteiger partial charge in [-0.05, 0) is 52.9 Å². The number of carbonyl (C=O) groups is 2. The number of nitrogens with one attached hydrogen (secondary N) is 1. The molecular formula is C14H11BrN2O3S. The van der Waals surface area contributed by atoms with Crippen molar-refractivity contribution in [1.29, 1.82) is 0 Å². The lowest BCUT2D eigenvalue weighted by Gasteiger charge is -2.05. The van der Waals surface area contributed by atoms with E-state index in [0.29, 0.717) is 5.00 Å². The summed E-state index contributed by atoms with van der Waals surface area (Å²) in [4.78, 5) is 28.7. The highest BCUT2D eigenvalue weighted by molar-refractivity contribution is 9.10. The van der Waals surface area contributed by atoms with Gasteiger partial charge in [-0.3, -0.25) is 4.79 Å². The van der Waals surface area contributed by atoms with Crippen LogP contribution in [0, 0.1) is 0 Å². The quantitative estimate of drug-likeness (QED) is 0.872. The van der Waals surface area contributed by atoms with Crippen LogP contribution in [0.1, 0.15) is 37.7 Å². The molecule has 108 valence electrons. The Kier molecular flexibility index (Phi) is 3.77. The van der Waals surface area contributed by atoms with Crippen molar-refractivity contribution in [3.8, 4) is 0 Å². The van der Waals surface area contributed by atoms with Crippen LogP contribution in [0.5, 0.6) is 0 Å². The number of fused-ring (bicyclic) bond motifs is 1. The summed E-state index contributed by atoms with van der Waals surface area (Å²) in [6, 6.07) is 3.30. The predicted octanol–water partition coefficient (Wildman–Crippen LogP) is 3.34.